The number of ether oxygens (including phenoxy) is 1. The number of hydrogen-bond acceptors (Lipinski definition) is 7. The second kappa shape index (κ2) is 9.27. The summed E-state index contributed by atoms with van der Waals surface area (Å²) in [5.74, 6) is -0.479. The quantitative estimate of drug-likeness (QED) is 0.259. The third kappa shape index (κ3) is 4.75. The van der Waals surface area contributed by atoms with Gasteiger partial charge in [-0.15, -0.1) is 0 Å². The van der Waals surface area contributed by atoms with Crippen LogP contribution in [0.15, 0.2) is 58.5 Å². The molecule has 3 aromatic rings. The van der Waals surface area contributed by atoms with Crippen molar-refractivity contribution in [1.82, 2.24) is 9.55 Å². The normalized spacial score (nSPS) is 15.8. The zero-order chi connectivity index (χ0) is 21.8. The van der Waals surface area contributed by atoms with Crippen molar-refractivity contribution >= 4 is 39.9 Å². The number of nitro groups is 1. The van der Waals surface area contributed by atoms with Crippen molar-refractivity contribution in [2.45, 2.75) is 30.6 Å². The number of thioether (sulfide) groups is 1. The summed E-state index contributed by atoms with van der Waals surface area (Å²) in [4.78, 5) is 40.7. The zero-order valence-corrected chi connectivity index (χ0v) is 17.3. The molecule has 0 spiro atoms. The molecule has 10 heteroatoms. The fraction of sp³-hybridized carbons (Fsp3) is 0.286. The predicted molar refractivity (Wildman–Crippen MR) is 117 cm³/mol. The molecule has 1 N–H and O–H groups in total. The molecule has 1 fully saturated rings. The summed E-state index contributed by atoms with van der Waals surface area (Å²) in [5, 5.41) is 14.6. The maximum atomic E-state index is 13.1. The van der Waals surface area contributed by atoms with Crippen LogP contribution in [0.3, 0.4) is 0 Å². The Balaban J connectivity index is 1.56. The highest BCUT2D eigenvalue weighted by Crippen LogP contribution is 2.25. The van der Waals surface area contributed by atoms with E-state index in [9.17, 15) is 19.7 Å². The van der Waals surface area contributed by atoms with Crippen LogP contribution in [0.25, 0.3) is 10.9 Å². The average Bonchev–Trinajstić information content (AvgIpc) is 3.28. The van der Waals surface area contributed by atoms with Gasteiger partial charge in [-0.05, 0) is 31.0 Å². The van der Waals surface area contributed by atoms with Crippen LogP contribution in [0.5, 0.6) is 0 Å². The monoisotopic (exact) mass is 440 g/mol. The lowest BCUT2D eigenvalue weighted by Crippen LogP contribution is -2.29. The number of hydrogen-bond donors (Lipinski definition) is 1. The van der Waals surface area contributed by atoms with Crippen molar-refractivity contribution in [1.29, 1.82) is 0 Å². The highest BCUT2D eigenvalue weighted by atomic mass is 32.2. The number of fused-ring (bicyclic) bond motifs is 1. The molecular weight excluding hydrogens is 420 g/mol. The number of carbonyl (C=O) groups is 1. The molecule has 31 heavy (non-hydrogen) atoms. The van der Waals surface area contributed by atoms with Crippen LogP contribution < -0.4 is 10.9 Å². The van der Waals surface area contributed by atoms with Crippen LogP contribution in [0.1, 0.15) is 12.8 Å². The number of para-hydroxylation sites is 3. The topological polar surface area (TPSA) is 116 Å². The molecule has 2 aromatic carbocycles. The summed E-state index contributed by atoms with van der Waals surface area (Å²) in [6.07, 6.45) is 1.74. The molecule has 0 aliphatic carbocycles. The van der Waals surface area contributed by atoms with E-state index in [2.05, 4.69) is 10.3 Å². The minimum atomic E-state index is -0.549. The van der Waals surface area contributed by atoms with E-state index >= 15 is 0 Å². The first-order valence-corrected chi connectivity index (χ1v) is 10.8. The van der Waals surface area contributed by atoms with Crippen LogP contribution in [-0.2, 0) is 16.1 Å². The maximum absolute atomic E-state index is 13.1. The Labute approximate surface area is 181 Å². The molecule has 0 saturated carbocycles. The van der Waals surface area contributed by atoms with Gasteiger partial charge < -0.3 is 10.1 Å². The first-order valence-electron chi connectivity index (χ1n) is 9.80. The van der Waals surface area contributed by atoms with E-state index in [-0.39, 0.29) is 28.8 Å². The molecule has 2 heterocycles. The van der Waals surface area contributed by atoms with Crippen molar-refractivity contribution in [3.63, 3.8) is 0 Å². The maximum Gasteiger partial charge on any atom is 0.292 e. The number of nitro benzene ring substituents is 1. The molecule has 1 aromatic heterocycles. The number of carbonyl (C=O) groups excluding carboxylic acids is 1. The summed E-state index contributed by atoms with van der Waals surface area (Å²) in [7, 11) is 0. The van der Waals surface area contributed by atoms with Gasteiger partial charge in [0.1, 0.15) is 5.69 Å². The summed E-state index contributed by atoms with van der Waals surface area (Å²) in [5.41, 5.74) is 0.321. The number of anilines is 1. The minimum Gasteiger partial charge on any atom is -0.376 e. The van der Waals surface area contributed by atoms with Gasteiger partial charge in [-0.25, -0.2) is 4.98 Å². The van der Waals surface area contributed by atoms with Gasteiger partial charge in [0.2, 0.25) is 5.91 Å². The van der Waals surface area contributed by atoms with Gasteiger partial charge in [0.05, 0.1) is 34.2 Å². The van der Waals surface area contributed by atoms with E-state index in [4.69, 9.17) is 4.74 Å². The largest absolute Gasteiger partial charge is 0.376 e. The number of aromatic nitrogens is 2. The molecule has 1 aliphatic rings. The van der Waals surface area contributed by atoms with Crippen LogP contribution >= 0.6 is 11.8 Å². The smallest absolute Gasteiger partial charge is 0.292 e. The predicted octanol–water partition coefficient (Wildman–Crippen LogP) is 3.21. The SMILES string of the molecule is O=C(CSc1nc2ccccc2c(=O)n1CC1CCCO1)Nc1ccccc1[N+](=O)[O-]. The average molecular weight is 440 g/mol. The highest BCUT2D eigenvalue weighted by Gasteiger charge is 2.21. The van der Waals surface area contributed by atoms with Crippen LogP contribution in [0, 0.1) is 10.1 Å². The third-order valence-electron chi connectivity index (χ3n) is 4.94. The second-order valence-electron chi connectivity index (χ2n) is 7.07. The Bertz CT molecular complexity index is 1190. The molecule has 0 radical (unpaired) electrons. The molecule has 9 nitrogen and oxygen atoms in total. The number of rotatable bonds is 7. The fourth-order valence-corrected chi connectivity index (χ4v) is 4.27. The summed E-state index contributed by atoms with van der Waals surface area (Å²) in [6, 6.07) is 13.0. The molecule has 0 bridgehead atoms. The number of nitrogens with one attached hydrogen (secondary N) is 1. The van der Waals surface area contributed by atoms with Gasteiger partial charge in [-0.3, -0.25) is 24.3 Å². The Morgan fingerprint density at radius 1 is 1.26 bits per heavy atom. The van der Waals surface area contributed by atoms with Gasteiger partial charge >= 0.3 is 0 Å². The van der Waals surface area contributed by atoms with Crippen molar-refractivity contribution in [2.75, 3.05) is 17.7 Å². The minimum absolute atomic E-state index is 0.0532. The van der Waals surface area contributed by atoms with Crippen molar-refractivity contribution < 1.29 is 14.5 Å². The van der Waals surface area contributed by atoms with E-state index in [1.54, 1.807) is 34.9 Å². The van der Waals surface area contributed by atoms with Gasteiger partial charge in [0.15, 0.2) is 5.16 Å². The lowest BCUT2D eigenvalue weighted by Gasteiger charge is -2.16. The van der Waals surface area contributed by atoms with Crippen LogP contribution in [-0.4, -0.2) is 38.8 Å². The molecule has 1 atom stereocenters. The molecule has 1 saturated heterocycles. The lowest BCUT2D eigenvalue weighted by molar-refractivity contribution is -0.383. The lowest BCUT2D eigenvalue weighted by atomic mass is 10.2. The van der Waals surface area contributed by atoms with E-state index in [0.717, 1.165) is 24.6 Å². The highest BCUT2D eigenvalue weighted by molar-refractivity contribution is 7.99. The molecule has 160 valence electrons. The number of amides is 1. The summed E-state index contributed by atoms with van der Waals surface area (Å²) in [6.45, 7) is 1.03. The first-order chi connectivity index (χ1) is 15.0. The Hall–Kier alpha value is -3.24. The summed E-state index contributed by atoms with van der Waals surface area (Å²) < 4.78 is 7.24. The standard InChI is InChI=1S/C21H20N4O5S/c26-19(22-17-9-3-4-10-18(17)25(28)29)13-31-21-23-16-8-2-1-7-15(16)20(27)24(21)12-14-6-5-11-30-14/h1-4,7-10,14H,5-6,11-13H2,(H,22,26). The van der Waals surface area contributed by atoms with E-state index in [0.29, 0.717) is 29.2 Å². The van der Waals surface area contributed by atoms with Crippen LogP contribution in [0.2, 0.25) is 0 Å². The Morgan fingerprint density at radius 2 is 2.03 bits per heavy atom. The third-order valence-corrected chi connectivity index (χ3v) is 5.92. The van der Waals surface area contributed by atoms with Gasteiger partial charge in [0, 0.05) is 12.7 Å². The van der Waals surface area contributed by atoms with E-state index < -0.39 is 10.8 Å². The fourth-order valence-electron chi connectivity index (χ4n) is 3.47. The molecular formula is C21H20N4O5S. The van der Waals surface area contributed by atoms with Gasteiger partial charge in [-0.1, -0.05) is 36.0 Å². The zero-order valence-electron chi connectivity index (χ0n) is 16.5. The van der Waals surface area contributed by atoms with Crippen molar-refractivity contribution in [3.05, 3.63) is 69.0 Å². The Morgan fingerprint density at radius 3 is 2.81 bits per heavy atom. The first kappa shape index (κ1) is 21.0. The molecule has 4 rings (SSSR count). The number of nitrogens with zero attached hydrogens (tertiary/aromatic N) is 3. The van der Waals surface area contributed by atoms with Crippen molar-refractivity contribution in [3.8, 4) is 0 Å². The molecule has 1 amide bonds. The Kier molecular flexibility index (Phi) is 6.28. The summed E-state index contributed by atoms with van der Waals surface area (Å²) >= 11 is 1.12. The van der Waals surface area contributed by atoms with Crippen LogP contribution in [0.4, 0.5) is 11.4 Å². The van der Waals surface area contributed by atoms with Gasteiger partial charge in [-0.2, -0.15) is 0 Å². The van der Waals surface area contributed by atoms with E-state index in [1.807, 2.05) is 0 Å². The second-order valence-corrected chi connectivity index (χ2v) is 8.02. The van der Waals surface area contributed by atoms with Crippen molar-refractivity contribution in [2.24, 2.45) is 0 Å². The number of benzene rings is 2. The van der Waals surface area contributed by atoms with Gasteiger partial charge in [0.25, 0.3) is 11.2 Å². The molecule has 1 unspecified atom stereocenters. The molecule has 1 aliphatic heterocycles. The van der Waals surface area contributed by atoms with E-state index in [1.165, 1.54) is 18.2 Å².